The molecule has 0 saturated carbocycles. The third-order valence-corrected chi connectivity index (χ3v) is 4.78. The molecule has 0 spiro atoms. The third kappa shape index (κ3) is 3.40. The normalized spacial score (nSPS) is 13.4. The van der Waals surface area contributed by atoms with Gasteiger partial charge in [-0.1, -0.05) is 11.6 Å². The molecule has 0 unspecified atom stereocenters. The molecule has 0 radical (unpaired) electrons. The van der Waals surface area contributed by atoms with Gasteiger partial charge in [0.1, 0.15) is 5.82 Å². The molecular weight excluding hydrogens is 390 g/mol. The minimum absolute atomic E-state index is 0.0689. The maximum atomic E-state index is 13.5. The number of fused-ring (bicyclic) bond motifs is 1. The van der Waals surface area contributed by atoms with Crippen LogP contribution >= 0.6 is 11.6 Å². The van der Waals surface area contributed by atoms with Gasteiger partial charge in [-0.05, 0) is 25.1 Å². The van der Waals surface area contributed by atoms with Crippen LogP contribution in [0.2, 0.25) is 5.02 Å². The Morgan fingerprint density at radius 1 is 1.21 bits per heavy atom. The first kappa shape index (κ1) is 18.3. The van der Waals surface area contributed by atoms with E-state index in [1.165, 1.54) is 18.2 Å². The molecule has 10 heteroatoms. The average molecular weight is 405 g/mol. The number of nitrogens with one attached hydrogen (secondary N) is 1. The maximum absolute atomic E-state index is 13.5. The van der Waals surface area contributed by atoms with Crippen molar-refractivity contribution in [3.63, 3.8) is 0 Å². The molecule has 144 valence electrons. The second-order valence-electron chi connectivity index (χ2n) is 6.34. The van der Waals surface area contributed by atoms with Gasteiger partial charge >= 0.3 is 6.03 Å². The monoisotopic (exact) mass is 404 g/mol. The molecule has 2 amide bonds. The number of carbonyl (C=O) groups excluding carboxylic acids is 1. The van der Waals surface area contributed by atoms with Crippen LogP contribution in [0.5, 0.6) is 0 Å². The molecule has 4 rings (SSSR count). The van der Waals surface area contributed by atoms with E-state index in [0.29, 0.717) is 30.2 Å². The molecule has 0 saturated heterocycles. The molecule has 1 aliphatic rings. The predicted molar refractivity (Wildman–Crippen MR) is 98.8 cm³/mol. The Kier molecular flexibility index (Phi) is 4.68. The van der Waals surface area contributed by atoms with Crippen molar-refractivity contribution < 1.29 is 13.6 Å². The molecule has 7 nitrogen and oxygen atoms in total. The third-order valence-electron chi connectivity index (χ3n) is 4.49. The minimum atomic E-state index is -0.555. The topological polar surface area (TPSA) is 75.9 Å². The zero-order valence-corrected chi connectivity index (χ0v) is 15.5. The van der Waals surface area contributed by atoms with Crippen LogP contribution in [-0.4, -0.2) is 37.2 Å². The molecule has 28 heavy (non-hydrogen) atoms. The zero-order chi connectivity index (χ0) is 19.8. The van der Waals surface area contributed by atoms with Crippen molar-refractivity contribution in [3.8, 4) is 11.4 Å². The molecule has 3 heterocycles. The Morgan fingerprint density at radius 2 is 2.04 bits per heavy atom. The number of hydrogen-bond donors (Lipinski definition) is 1. The number of rotatable bonds is 2. The lowest BCUT2D eigenvalue weighted by Crippen LogP contribution is -2.41. The fraction of sp³-hybridized carbons (Fsp3) is 0.222. The molecule has 0 atom stereocenters. The number of halogens is 3. The Balaban J connectivity index is 1.55. The molecule has 0 aliphatic carbocycles. The Hall–Kier alpha value is -3.07. The number of carbonyl (C=O) groups is 1. The van der Waals surface area contributed by atoms with Crippen LogP contribution in [0.15, 0.2) is 30.6 Å². The van der Waals surface area contributed by atoms with Crippen molar-refractivity contribution in [1.82, 2.24) is 24.6 Å². The lowest BCUT2D eigenvalue weighted by Gasteiger charge is -2.28. The van der Waals surface area contributed by atoms with E-state index in [9.17, 15) is 13.6 Å². The van der Waals surface area contributed by atoms with Gasteiger partial charge in [0.25, 0.3) is 0 Å². The smallest absolute Gasteiger partial charge is 0.317 e. The number of urea groups is 1. The van der Waals surface area contributed by atoms with Gasteiger partial charge in [0.05, 0.1) is 47.5 Å². The summed E-state index contributed by atoms with van der Waals surface area (Å²) in [4.78, 5) is 22.4. The molecular formula is C18H15ClF2N6O. The first-order valence-electron chi connectivity index (χ1n) is 8.47. The molecule has 1 aromatic carbocycles. The zero-order valence-electron chi connectivity index (χ0n) is 14.8. The van der Waals surface area contributed by atoms with Gasteiger partial charge in [-0.15, -0.1) is 0 Å². The summed E-state index contributed by atoms with van der Waals surface area (Å²) in [6.45, 7) is 2.77. The van der Waals surface area contributed by atoms with Crippen molar-refractivity contribution in [2.75, 3.05) is 11.9 Å². The summed E-state index contributed by atoms with van der Waals surface area (Å²) in [6, 6.07) is 3.63. The minimum Gasteiger partial charge on any atom is -0.317 e. The molecule has 1 aliphatic heterocycles. The second kappa shape index (κ2) is 7.16. The van der Waals surface area contributed by atoms with E-state index in [0.717, 1.165) is 11.9 Å². The second-order valence-corrected chi connectivity index (χ2v) is 6.74. The van der Waals surface area contributed by atoms with Crippen molar-refractivity contribution in [2.45, 2.75) is 20.0 Å². The lowest BCUT2D eigenvalue weighted by molar-refractivity contribution is 0.194. The highest BCUT2D eigenvalue weighted by Crippen LogP contribution is 2.25. The summed E-state index contributed by atoms with van der Waals surface area (Å²) in [6.07, 6.45) is 2.73. The van der Waals surface area contributed by atoms with Crippen LogP contribution in [0.3, 0.4) is 0 Å². The summed E-state index contributed by atoms with van der Waals surface area (Å²) in [5.41, 5.74) is 2.03. The van der Waals surface area contributed by atoms with E-state index < -0.39 is 11.6 Å². The first-order valence-corrected chi connectivity index (χ1v) is 8.85. The van der Waals surface area contributed by atoms with E-state index in [1.807, 2.05) is 0 Å². The Labute approximate surface area is 164 Å². The number of benzene rings is 1. The summed E-state index contributed by atoms with van der Waals surface area (Å²) in [7, 11) is 0. The number of hydrogen-bond acceptors (Lipinski definition) is 4. The van der Waals surface area contributed by atoms with E-state index in [2.05, 4.69) is 20.4 Å². The summed E-state index contributed by atoms with van der Waals surface area (Å²) >= 11 is 5.76. The maximum Gasteiger partial charge on any atom is 0.322 e. The number of amides is 2. The van der Waals surface area contributed by atoms with Gasteiger partial charge in [-0.25, -0.2) is 23.5 Å². The van der Waals surface area contributed by atoms with E-state index in [4.69, 9.17) is 11.6 Å². The number of aromatic nitrogens is 4. The highest BCUT2D eigenvalue weighted by molar-refractivity contribution is 6.31. The van der Waals surface area contributed by atoms with E-state index in [-0.39, 0.29) is 23.3 Å². The summed E-state index contributed by atoms with van der Waals surface area (Å²) in [5.74, 6) is -0.683. The standard InChI is InChI=1S/C18H15ClF2N6O/c1-10-15(21)8-22-17(24-10)12-7-23-27-5-4-26(9-16(12)27)18(28)25-11-2-3-14(20)13(19)6-11/h2-3,6-8H,4-5,9H2,1H3,(H,25,28). The van der Waals surface area contributed by atoms with Crippen molar-refractivity contribution in [1.29, 1.82) is 0 Å². The van der Waals surface area contributed by atoms with Gasteiger partial charge in [-0.2, -0.15) is 5.10 Å². The van der Waals surface area contributed by atoms with Gasteiger partial charge in [-0.3, -0.25) is 4.68 Å². The van der Waals surface area contributed by atoms with Crippen LogP contribution in [0.1, 0.15) is 11.4 Å². The summed E-state index contributed by atoms with van der Waals surface area (Å²) < 4.78 is 28.5. The van der Waals surface area contributed by atoms with Gasteiger partial charge < -0.3 is 10.2 Å². The van der Waals surface area contributed by atoms with Gasteiger partial charge in [0.2, 0.25) is 0 Å². The largest absolute Gasteiger partial charge is 0.322 e. The van der Waals surface area contributed by atoms with E-state index in [1.54, 1.807) is 22.7 Å². The van der Waals surface area contributed by atoms with Crippen LogP contribution < -0.4 is 5.32 Å². The quantitative estimate of drug-likeness (QED) is 0.707. The van der Waals surface area contributed by atoms with Gasteiger partial charge in [0, 0.05) is 12.2 Å². The molecule has 0 bridgehead atoms. The highest BCUT2D eigenvalue weighted by atomic mass is 35.5. The Morgan fingerprint density at radius 3 is 2.79 bits per heavy atom. The van der Waals surface area contributed by atoms with Crippen LogP contribution in [0, 0.1) is 18.6 Å². The molecule has 3 aromatic rings. The van der Waals surface area contributed by atoms with E-state index >= 15 is 0 Å². The first-order chi connectivity index (χ1) is 13.4. The molecule has 2 aromatic heterocycles. The number of aryl methyl sites for hydroxylation is 1. The van der Waals surface area contributed by atoms with Crippen LogP contribution in [0.25, 0.3) is 11.4 Å². The lowest BCUT2D eigenvalue weighted by atomic mass is 10.2. The molecule has 0 fully saturated rings. The number of nitrogens with zero attached hydrogens (tertiary/aromatic N) is 5. The van der Waals surface area contributed by atoms with Gasteiger partial charge in [0.15, 0.2) is 11.6 Å². The van der Waals surface area contributed by atoms with Crippen molar-refractivity contribution in [2.24, 2.45) is 0 Å². The van der Waals surface area contributed by atoms with Crippen LogP contribution in [0.4, 0.5) is 19.3 Å². The number of anilines is 1. The van der Waals surface area contributed by atoms with Crippen molar-refractivity contribution in [3.05, 3.63) is 58.6 Å². The van der Waals surface area contributed by atoms with Crippen LogP contribution in [-0.2, 0) is 13.1 Å². The summed E-state index contributed by atoms with van der Waals surface area (Å²) in [5, 5.41) is 6.94. The fourth-order valence-electron chi connectivity index (χ4n) is 2.96. The predicted octanol–water partition coefficient (Wildman–Crippen LogP) is 3.63. The SMILES string of the molecule is Cc1nc(-c2cnn3c2CN(C(=O)Nc2ccc(F)c(Cl)c2)CC3)ncc1F. The van der Waals surface area contributed by atoms with Crippen molar-refractivity contribution >= 4 is 23.3 Å². The fourth-order valence-corrected chi connectivity index (χ4v) is 3.14. The Bertz CT molecular complexity index is 1070. The highest BCUT2D eigenvalue weighted by Gasteiger charge is 2.25. The molecule has 1 N–H and O–H groups in total. The average Bonchev–Trinajstić information content (AvgIpc) is 3.10.